The van der Waals surface area contributed by atoms with Crippen LogP contribution in [0.5, 0.6) is 0 Å². The van der Waals surface area contributed by atoms with E-state index >= 15 is 0 Å². The second-order valence-electron chi connectivity index (χ2n) is 9.08. The van der Waals surface area contributed by atoms with Crippen LogP contribution in [-0.4, -0.2) is 28.7 Å². The van der Waals surface area contributed by atoms with Crippen LogP contribution in [0.1, 0.15) is 44.7 Å². The fourth-order valence-electron chi connectivity index (χ4n) is 3.84. The number of nitrogens with one attached hydrogen (secondary N) is 2. The molecule has 2 aliphatic rings. The molecule has 4 rings (SSSR count). The number of piperidine rings is 1. The predicted octanol–water partition coefficient (Wildman–Crippen LogP) is 5.74. The average Bonchev–Trinajstić information content (AvgIpc) is 3.12. The zero-order chi connectivity index (χ0) is 21.4. The van der Waals surface area contributed by atoms with E-state index in [-0.39, 0.29) is 11.0 Å². The van der Waals surface area contributed by atoms with Gasteiger partial charge in [0.25, 0.3) is 0 Å². The molecule has 1 saturated heterocycles. The second kappa shape index (κ2) is 8.22. The van der Waals surface area contributed by atoms with Crippen molar-refractivity contribution in [1.29, 1.82) is 0 Å². The van der Waals surface area contributed by atoms with Gasteiger partial charge >= 0.3 is 0 Å². The van der Waals surface area contributed by atoms with E-state index in [9.17, 15) is 0 Å². The highest BCUT2D eigenvalue weighted by Crippen LogP contribution is 2.35. The fourth-order valence-corrected chi connectivity index (χ4v) is 4.27. The lowest BCUT2D eigenvalue weighted by Gasteiger charge is -2.38. The van der Waals surface area contributed by atoms with Gasteiger partial charge in [-0.2, -0.15) is 0 Å². The number of likely N-dealkylation sites (tertiary alicyclic amines) is 1. The monoisotopic (exact) mass is 441 g/mol. The van der Waals surface area contributed by atoms with Crippen molar-refractivity contribution in [3.05, 3.63) is 70.8 Å². The quantitative estimate of drug-likeness (QED) is 0.580. The van der Waals surface area contributed by atoms with E-state index in [0.717, 1.165) is 53.0 Å². The molecule has 6 heteroatoms. The normalized spacial score (nSPS) is 18.1. The van der Waals surface area contributed by atoms with E-state index in [0.29, 0.717) is 0 Å². The van der Waals surface area contributed by atoms with Gasteiger partial charge in [0.05, 0.1) is 5.70 Å². The number of hydrogen-bond acceptors (Lipinski definition) is 3. The first kappa shape index (κ1) is 21.2. The van der Waals surface area contributed by atoms with E-state index < -0.39 is 0 Å². The molecule has 2 heterocycles. The maximum absolute atomic E-state index is 6.00. The number of benzene rings is 2. The highest BCUT2D eigenvalue weighted by molar-refractivity contribution is 7.80. The summed E-state index contributed by atoms with van der Waals surface area (Å²) in [5.41, 5.74) is 7.39. The summed E-state index contributed by atoms with van der Waals surface area (Å²) in [6.07, 6.45) is 3.96. The first-order valence-electron chi connectivity index (χ1n) is 10.3. The smallest absolute Gasteiger partial charge is 0.173 e. The Morgan fingerprint density at radius 3 is 2.30 bits per heavy atom. The lowest BCUT2D eigenvalue weighted by Crippen LogP contribution is -2.48. The van der Waals surface area contributed by atoms with Crippen molar-refractivity contribution < 1.29 is 4.84 Å². The second-order valence-corrected chi connectivity index (χ2v) is 9.90. The summed E-state index contributed by atoms with van der Waals surface area (Å²) in [6, 6.07) is 16.3. The van der Waals surface area contributed by atoms with Crippen molar-refractivity contribution in [3.8, 4) is 0 Å². The minimum absolute atomic E-state index is 0.147. The molecule has 4 nitrogen and oxygen atoms in total. The summed E-state index contributed by atoms with van der Waals surface area (Å²) in [4.78, 5) is 8.22. The van der Waals surface area contributed by atoms with Gasteiger partial charge < -0.3 is 10.2 Å². The van der Waals surface area contributed by atoms with E-state index in [1.54, 1.807) is 0 Å². The minimum atomic E-state index is -0.282. The molecule has 0 radical (unpaired) electrons. The Balaban J connectivity index is 1.35. The third-order valence-corrected chi connectivity index (χ3v) is 6.44. The molecule has 0 aromatic heterocycles. The minimum Gasteiger partial charge on any atom is -0.349 e. The molecule has 0 amide bonds. The third-order valence-electron chi connectivity index (χ3n) is 5.83. The first-order chi connectivity index (χ1) is 14.2. The first-order valence-corrected chi connectivity index (χ1v) is 11.1. The molecule has 0 unspecified atom stereocenters. The standard InChI is InChI=1S/C24H28ClN3OS/c1-23(2,3)18-6-10-20(11-7-18)26-22(30)28-14-12-24(13-15-28)16-21(27-29-24)17-4-8-19(25)9-5-17/h4-11,16,27H,12-15H2,1-3H3,(H,26,30). The van der Waals surface area contributed by atoms with Crippen molar-refractivity contribution in [2.24, 2.45) is 0 Å². The molecule has 0 aliphatic carbocycles. The molecule has 0 saturated carbocycles. The van der Waals surface area contributed by atoms with Crippen LogP contribution in [0.15, 0.2) is 54.6 Å². The third kappa shape index (κ3) is 4.64. The zero-order valence-corrected chi connectivity index (χ0v) is 19.2. The molecule has 0 bridgehead atoms. The van der Waals surface area contributed by atoms with Gasteiger partial charge in [-0.05, 0) is 59.1 Å². The summed E-state index contributed by atoms with van der Waals surface area (Å²) in [7, 11) is 0. The topological polar surface area (TPSA) is 36.5 Å². The van der Waals surface area contributed by atoms with Crippen molar-refractivity contribution in [2.45, 2.75) is 44.6 Å². The number of hydroxylamine groups is 1. The Bertz CT molecular complexity index is 940. The van der Waals surface area contributed by atoms with Crippen LogP contribution in [0, 0.1) is 0 Å². The van der Waals surface area contributed by atoms with Gasteiger partial charge in [-0.25, -0.2) is 0 Å². The van der Waals surface area contributed by atoms with Gasteiger partial charge in [0.1, 0.15) is 5.60 Å². The number of thiocarbonyl (C=S) groups is 1. The lowest BCUT2D eigenvalue weighted by atomic mass is 9.87. The SMILES string of the molecule is CC(C)(C)c1ccc(NC(=S)N2CCC3(C=C(c4ccc(Cl)cc4)NO3)CC2)cc1. The van der Waals surface area contributed by atoms with E-state index in [1.165, 1.54) is 5.56 Å². The van der Waals surface area contributed by atoms with Crippen LogP contribution >= 0.6 is 23.8 Å². The number of halogens is 1. The molecule has 1 spiro atoms. The molecule has 2 aliphatic heterocycles. The van der Waals surface area contributed by atoms with Gasteiger partial charge in [0.2, 0.25) is 0 Å². The molecule has 30 heavy (non-hydrogen) atoms. The lowest BCUT2D eigenvalue weighted by molar-refractivity contribution is -0.0615. The Kier molecular flexibility index (Phi) is 5.80. The van der Waals surface area contributed by atoms with Crippen molar-refractivity contribution >= 4 is 40.3 Å². The summed E-state index contributed by atoms with van der Waals surface area (Å²) < 4.78 is 0. The Labute approximate surface area is 189 Å². The van der Waals surface area contributed by atoms with Crippen LogP contribution in [0.2, 0.25) is 5.02 Å². The number of hydrogen-bond donors (Lipinski definition) is 2. The summed E-state index contributed by atoms with van der Waals surface area (Å²) in [6.45, 7) is 8.35. The molecule has 0 atom stereocenters. The van der Waals surface area contributed by atoms with Crippen molar-refractivity contribution in [1.82, 2.24) is 10.4 Å². The highest BCUT2D eigenvalue weighted by Gasteiger charge is 2.39. The maximum atomic E-state index is 6.00. The number of rotatable bonds is 2. The summed E-state index contributed by atoms with van der Waals surface area (Å²) in [5.74, 6) is 0. The predicted molar refractivity (Wildman–Crippen MR) is 129 cm³/mol. The molecule has 158 valence electrons. The fraction of sp³-hybridized carbons (Fsp3) is 0.375. The van der Waals surface area contributed by atoms with Crippen molar-refractivity contribution in [2.75, 3.05) is 18.4 Å². The van der Waals surface area contributed by atoms with Crippen LogP contribution in [-0.2, 0) is 10.3 Å². The molecule has 2 aromatic carbocycles. The average molecular weight is 442 g/mol. The van der Waals surface area contributed by atoms with Crippen LogP contribution in [0.4, 0.5) is 5.69 Å². The molecule has 2 aromatic rings. The van der Waals surface area contributed by atoms with Crippen LogP contribution < -0.4 is 10.8 Å². The zero-order valence-electron chi connectivity index (χ0n) is 17.7. The van der Waals surface area contributed by atoms with Gasteiger partial charge in [-0.15, -0.1) is 0 Å². The highest BCUT2D eigenvalue weighted by atomic mass is 35.5. The van der Waals surface area contributed by atoms with E-state index in [2.05, 4.69) is 66.8 Å². The maximum Gasteiger partial charge on any atom is 0.173 e. The number of nitrogens with zero attached hydrogens (tertiary/aromatic N) is 1. The van der Waals surface area contributed by atoms with E-state index in [1.807, 2.05) is 24.3 Å². The van der Waals surface area contributed by atoms with Crippen LogP contribution in [0.3, 0.4) is 0 Å². The van der Waals surface area contributed by atoms with E-state index in [4.69, 9.17) is 28.7 Å². The molecular weight excluding hydrogens is 414 g/mol. The molecule has 2 N–H and O–H groups in total. The van der Waals surface area contributed by atoms with Gasteiger partial charge in [0.15, 0.2) is 5.11 Å². The molecular formula is C24H28ClN3OS. The van der Waals surface area contributed by atoms with Gasteiger partial charge in [0, 0.05) is 36.6 Å². The summed E-state index contributed by atoms with van der Waals surface area (Å²) in [5, 5.41) is 4.88. The van der Waals surface area contributed by atoms with Crippen molar-refractivity contribution in [3.63, 3.8) is 0 Å². The largest absolute Gasteiger partial charge is 0.349 e. The van der Waals surface area contributed by atoms with Crippen LogP contribution in [0.25, 0.3) is 5.70 Å². The van der Waals surface area contributed by atoms with Gasteiger partial charge in [-0.3, -0.25) is 10.3 Å². The Hall–Kier alpha value is -2.08. The van der Waals surface area contributed by atoms with Gasteiger partial charge in [-0.1, -0.05) is 56.6 Å². The Morgan fingerprint density at radius 2 is 1.70 bits per heavy atom. The number of anilines is 1. The summed E-state index contributed by atoms with van der Waals surface area (Å²) >= 11 is 11.7. The Morgan fingerprint density at radius 1 is 1.07 bits per heavy atom. The molecule has 1 fully saturated rings.